The van der Waals surface area contributed by atoms with Gasteiger partial charge >= 0.3 is 0 Å². The monoisotopic (exact) mass is 271 g/mol. The molecule has 0 aliphatic heterocycles. The van der Waals surface area contributed by atoms with Crippen molar-refractivity contribution in [3.63, 3.8) is 0 Å². The van der Waals surface area contributed by atoms with Crippen molar-refractivity contribution in [1.29, 1.82) is 0 Å². The molecule has 0 aliphatic carbocycles. The minimum absolute atomic E-state index is 0.728. The normalized spacial score (nSPS) is 10.5. The zero-order chi connectivity index (χ0) is 11.3. The molecule has 0 aromatic heterocycles. The van der Waals surface area contributed by atoms with Crippen LogP contribution in [0.3, 0.4) is 0 Å². The second kappa shape index (κ2) is 6.01. The van der Waals surface area contributed by atoms with Gasteiger partial charge in [0.25, 0.3) is 0 Å². The van der Waals surface area contributed by atoms with Crippen molar-refractivity contribution in [3.8, 4) is 5.75 Å². The number of halogens is 1. The van der Waals surface area contributed by atoms with Crippen LogP contribution in [0.15, 0.2) is 22.7 Å². The van der Waals surface area contributed by atoms with Gasteiger partial charge < -0.3 is 10.1 Å². The van der Waals surface area contributed by atoms with Crippen LogP contribution >= 0.6 is 15.9 Å². The number of nitrogens with one attached hydrogen (secondary N) is 1. The zero-order valence-corrected chi connectivity index (χ0v) is 11.1. The molecule has 1 aromatic rings. The van der Waals surface area contributed by atoms with E-state index in [4.69, 9.17) is 4.74 Å². The summed E-state index contributed by atoms with van der Waals surface area (Å²) in [5, 5.41) is 3.38. The van der Waals surface area contributed by atoms with Crippen molar-refractivity contribution in [2.24, 2.45) is 5.92 Å². The first-order valence-corrected chi connectivity index (χ1v) is 5.99. The molecule has 0 saturated carbocycles. The van der Waals surface area contributed by atoms with E-state index in [9.17, 15) is 0 Å². The molecular formula is C12H18BrNO. The van der Waals surface area contributed by atoms with Crippen molar-refractivity contribution in [3.05, 3.63) is 22.7 Å². The Morgan fingerprint density at radius 1 is 1.33 bits per heavy atom. The second-order valence-corrected chi connectivity index (χ2v) is 4.90. The third kappa shape index (κ3) is 4.56. The first-order valence-electron chi connectivity index (χ1n) is 5.20. The van der Waals surface area contributed by atoms with Gasteiger partial charge in [-0.2, -0.15) is 0 Å². The molecular weight excluding hydrogens is 254 g/mol. The van der Waals surface area contributed by atoms with Crippen LogP contribution in [0.5, 0.6) is 5.75 Å². The fourth-order valence-corrected chi connectivity index (χ4v) is 1.76. The Morgan fingerprint density at radius 2 is 2.07 bits per heavy atom. The third-order valence-corrected chi connectivity index (χ3v) is 2.62. The van der Waals surface area contributed by atoms with Gasteiger partial charge in [0.1, 0.15) is 5.75 Å². The summed E-state index contributed by atoms with van der Waals surface area (Å²) in [6.45, 7) is 5.45. The fraction of sp³-hybridized carbons (Fsp3) is 0.500. The molecule has 0 heterocycles. The first kappa shape index (κ1) is 12.4. The Labute approximate surface area is 100 Å². The number of hydrogen-bond acceptors (Lipinski definition) is 2. The summed E-state index contributed by atoms with van der Waals surface area (Å²) in [7, 11) is 1.68. The summed E-state index contributed by atoms with van der Waals surface area (Å²) >= 11 is 3.45. The number of ether oxygens (including phenoxy) is 1. The minimum atomic E-state index is 0.728. The summed E-state index contributed by atoms with van der Waals surface area (Å²) in [5.74, 6) is 1.60. The van der Waals surface area contributed by atoms with E-state index in [-0.39, 0.29) is 0 Å². The summed E-state index contributed by atoms with van der Waals surface area (Å²) in [5.41, 5.74) is 1.10. The molecule has 1 aromatic carbocycles. The van der Waals surface area contributed by atoms with Crippen LogP contribution < -0.4 is 10.1 Å². The lowest BCUT2D eigenvalue weighted by atomic mass is 10.1. The molecule has 1 N–H and O–H groups in total. The molecule has 0 aliphatic rings. The molecule has 0 atom stereocenters. The van der Waals surface area contributed by atoms with Crippen molar-refractivity contribution in [1.82, 2.24) is 0 Å². The predicted octanol–water partition coefficient (Wildman–Crippen LogP) is 3.92. The average Bonchev–Trinajstić information content (AvgIpc) is 2.16. The Morgan fingerprint density at radius 3 is 2.67 bits per heavy atom. The van der Waals surface area contributed by atoms with Gasteiger partial charge in [0, 0.05) is 22.8 Å². The van der Waals surface area contributed by atoms with Crippen LogP contribution in [0.2, 0.25) is 0 Å². The Hall–Kier alpha value is -0.700. The Balaban J connectivity index is 2.56. The zero-order valence-electron chi connectivity index (χ0n) is 9.51. The van der Waals surface area contributed by atoms with Gasteiger partial charge in [0.15, 0.2) is 0 Å². The number of rotatable bonds is 5. The maximum absolute atomic E-state index is 5.19. The van der Waals surface area contributed by atoms with Gasteiger partial charge in [0.05, 0.1) is 7.11 Å². The molecule has 0 saturated heterocycles. The number of methoxy groups -OCH3 is 1. The van der Waals surface area contributed by atoms with Crippen molar-refractivity contribution >= 4 is 21.6 Å². The van der Waals surface area contributed by atoms with E-state index in [1.54, 1.807) is 7.11 Å². The molecule has 3 heteroatoms. The third-order valence-electron chi connectivity index (χ3n) is 2.16. The average molecular weight is 272 g/mol. The summed E-state index contributed by atoms with van der Waals surface area (Å²) in [6, 6.07) is 6.02. The fourth-order valence-electron chi connectivity index (χ4n) is 1.29. The largest absolute Gasteiger partial charge is 0.497 e. The van der Waals surface area contributed by atoms with E-state index < -0.39 is 0 Å². The van der Waals surface area contributed by atoms with Crippen molar-refractivity contribution in [2.45, 2.75) is 20.3 Å². The highest BCUT2D eigenvalue weighted by molar-refractivity contribution is 9.10. The van der Waals surface area contributed by atoms with E-state index in [0.29, 0.717) is 0 Å². The lowest BCUT2D eigenvalue weighted by Crippen LogP contribution is -2.04. The summed E-state index contributed by atoms with van der Waals surface area (Å²) < 4.78 is 6.23. The van der Waals surface area contributed by atoms with Crippen LogP contribution in [-0.2, 0) is 0 Å². The SMILES string of the molecule is COc1cc(Br)cc(NCCC(C)C)c1. The van der Waals surface area contributed by atoms with E-state index >= 15 is 0 Å². The molecule has 0 radical (unpaired) electrons. The van der Waals surface area contributed by atoms with E-state index in [1.807, 2.05) is 12.1 Å². The quantitative estimate of drug-likeness (QED) is 0.877. The highest BCUT2D eigenvalue weighted by atomic mass is 79.9. The molecule has 1 rings (SSSR count). The number of hydrogen-bond donors (Lipinski definition) is 1. The molecule has 0 spiro atoms. The van der Waals surface area contributed by atoms with Crippen LogP contribution in [-0.4, -0.2) is 13.7 Å². The summed E-state index contributed by atoms with van der Waals surface area (Å²) in [6.07, 6.45) is 1.18. The van der Waals surface area contributed by atoms with Crippen LogP contribution in [0.1, 0.15) is 20.3 Å². The summed E-state index contributed by atoms with van der Waals surface area (Å²) in [4.78, 5) is 0. The first-order chi connectivity index (χ1) is 7.11. The van der Waals surface area contributed by atoms with Gasteiger partial charge in [-0.05, 0) is 24.5 Å². The lowest BCUT2D eigenvalue weighted by Gasteiger charge is -2.10. The molecule has 84 valence electrons. The minimum Gasteiger partial charge on any atom is -0.497 e. The highest BCUT2D eigenvalue weighted by Gasteiger charge is 1.99. The molecule has 2 nitrogen and oxygen atoms in total. The molecule has 0 bridgehead atoms. The van der Waals surface area contributed by atoms with E-state index in [2.05, 4.69) is 41.2 Å². The molecule has 0 amide bonds. The van der Waals surface area contributed by atoms with Crippen molar-refractivity contribution in [2.75, 3.05) is 19.0 Å². The number of benzene rings is 1. The van der Waals surface area contributed by atoms with E-state index in [0.717, 1.165) is 28.4 Å². The van der Waals surface area contributed by atoms with Gasteiger partial charge in [0.2, 0.25) is 0 Å². The smallest absolute Gasteiger partial charge is 0.122 e. The van der Waals surface area contributed by atoms with Gasteiger partial charge in [-0.25, -0.2) is 0 Å². The number of anilines is 1. The van der Waals surface area contributed by atoms with Gasteiger partial charge in [-0.3, -0.25) is 0 Å². The van der Waals surface area contributed by atoms with Crippen molar-refractivity contribution < 1.29 is 4.74 Å². The lowest BCUT2D eigenvalue weighted by molar-refractivity contribution is 0.414. The van der Waals surface area contributed by atoms with Crippen LogP contribution in [0.4, 0.5) is 5.69 Å². The predicted molar refractivity (Wildman–Crippen MR) is 68.6 cm³/mol. The van der Waals surface area contributed by atoms with Gasteiger partial charge in [-0.15, -0.1) is 0 Å². The van der Waals surface area contributed by atoms with Crippen LogP contribution in [0, 0.1) is 5.92 Å². The molecule has 0 unspecified atom stereocenters. The second-order valence-electron chi connectivity index (χ2n) is 3.99. The maximum Gasteiger partial charge on any atom is 0.122 e. The Kier molecular flexibility index (Phi) is 4.95. The van der Waals surface area contributed by atoms with Crippen LogP contribution in [0.25, 0.3) is 0 Å². The van der Waals surface area contributed by atoms with Gasteiger partial charge in [-0.1, -0.05) is 29.8 Å². The topological polar surface area (TPSA) is 21.3 Å². The highest BCUT2D eigenvalue weighted by Crippen LogP contribution is 2.24. The standard InChI is InChI=1S/C12H18BrNO/c1-9(2)4-5-14-11-6-10(13)7-12(8-11)15-3/h6-9,14H,4-5H2,1-3H3. The molecule has 0 fully saturated rings. The van der Waals surface area contributed by atoms with E-state index in [1.165, 1.54) is 6.42 Å². The molecule has 15 heavy (non-hydrogen) atoms. The Bertz CT molecular complexity index is 312. The maximum atomic E-state index is 5.19.